The summed E-state index contributed by atoms with van der Waals surface area (Å²) in [6, 6.07) is 9.46. The van der Waals surface area contributed by atoms with Gasteiger partial charge in [0.05, 0.1) is 5.69 Å². The molecular formula is C15H14N4O3. The number of benzene rings is 1. The van der Waals surface area contributed by atoms with Gasteiger partial charge in [-0.15, -0.1) is 0 Å². The Labute approximate surface area is 126 Å². The number of nitrogens with zero attached hydrogens (tertiary/aromatic N) is 4. The molecule has 0 saturated heterocycles. The first kappa shape index (κ1) is 14.0. The largest absolute Gasteiger partial charge is 0.480 e. The van der Waals surface area contributed by atoms with Crippen LogP contribution in [0.4, 0.5) is 0 Å². The van der Waals surface area contributed by atoms with Gasteiger partial charge in [0.15, 0.2) is 0 Å². The number of aliphatic carboxylic acids is 1. The molecule has 1 aromatic carbocycles. The van der Waals surface area contributed by atoms with Crippen LogP contribution in [0.5, 0.6) is 0 Å². The minimum Gasteiger partial charge on any atom is -0.480 e. The van der Waals surface area contributed by atoms with Gasteiger partial charge in [-0.2, -0.15) is 10.1 Å². The summed E-state index contributed by atoms with van der Waals surface area (Å²) in [5.74, 6) is -0.277. The lowest BCUT2D eigenvalue weighted by atomic mass is 10.1. The Morgan fingerprint density at radius 3 is 2.86 bits per heavy atom. The van der Waals surface area contributed by atoms with Crippen molar-refractivity contribution in [2.75, 3.05) is 0 Å². The van der Waals surface area contributed by atoms with Crippen LogP contribution in [0.1, 0.15) is 11.3 Å². The van der Waals surface area contributed by atoms with Crippen molar-refractivity contribution in [2.45, 2.75) is 20.4 Å². The molecule has 0 aliphatic heterocycles. The lowest BCUT2D eigenvalue weighted by molar-refractivity contribution is -0.137. The summed E-state index contributed by atoms with van der Waals surface area (Å²) in [5, 5.41) is 17.0. The summed E-state index contributed by atoms with van der Waals surface area (Å²) in [4.78, 5) is 15.2. The first-order chi connectivity index (χ1) is 10.5. The van der Waals surface area contributed by atoms with Crippen molar-refractivity contribution in [3.63, 3.8) is 0 Å². The number of carboxylic acids is 1. The Morgan fingerprint density at radius 2 is 2.14 bits per heavy atom. The van der Waals surface area contributed by atoms with Crippen LogP contribution in [0.15, 0.2) is 34.9 Å². The van der Waals surface area contributed by atoms with E-state index in [0.29, 0.717) is 17.2 Å². The molecule has 0 fully saturated rings. The van der Waals surface area contributed by atoms with Gasteiger partial charge in [0, 0.05) is 5.56 Å². The maximum Gasteiger partial charge on any atom is 0.325 e. The highest BCUT2D eigenvalue weighted by atomic mass is 16.5. The monoisotopic (exact) mass is 298 g/mol. The number of aryl methyl sites for hydroxylation is 2. The second-order valence-corrected chi connectivity index (χ2v) is 5.01. The molecule has 0 saturated carbocycles. The molecule has 3 aromatic rings. The Hall–Kier alpha value is -2.96. The number of carbonyl (C=O) groups is 1. The van der Waals surface area contributed by atoms with Crippen LogP contribution in [0.2, 0.25) is 0 Å². The summed E-state index contributed by atoms with van der Waals surface area (Å²) in [7, 11) is 0. The van der Waals surface area contributed by atoms with Crippen LogP contribution in [-0.2, 0) is 11.3 Å². The SMILES string of the molecule is Cc1cccc(-c2noc(-c3cc(C)nn3CC(=O)O)n2)c1. The normalized spacial score (nSPS) is 10.8. The predicted molar refractivity (Wildman–Crippen MR) is 78.1 cm³/mol. The fourth-order valence-electron chi connectivity index (χ4n) is 2.20. The molecule has 0 bridgehead atoms. The van der Waals surface area contributed by atoms with Gasteiger partial charge in [-0.3, -0.25) is 4.79 Å². The fourth-order valence-corrected chi connectivity index (χ4v) is 2.20. The predicted octanol–water partition coefficient (Wildman–Crippen LogP) is 2.30. The molecule has 2 aromatic heterocycles. The number of aromatic nitrogens is 4. The first-order valence-electron chi connectivity index (χ1n) is 6.70. The molecule has 22 heavy (non-hydrogen) atoms. The maximum absolute atomic E-state index is 10.9. The van der Waals surface area contributed by atoms with Crippen LogP contribution >= 0.6 is 0 Å². The van der Waals surface area contributed by atoms with E-state index in [4.69, 9.17) is 9.63 Å². The van der Waals surface area contributed by atoms with E-state index in [9.17, 15) is 4.79 Å². The second-order valence-electron chi connectivity index (χ2n) is 5.01. The van der Waals surface area contributed by atoms with Crippen LogP contribution in [0, 0.1) is 13.8 Å². The third kappa shape index (κ3) is 2.73. The van der Waals surface area contributed by atoms with Crippen LogP contribution in [0.3, 0.4) is 0 Å². The Morgan fingerprint density at radius 1 is 1.32 bits per heavy atom. The van der Waals surface area contributed by atoms with Crippen molar-refractivity contribution < 1.29 is 14.4 Å². The molecule has 0 atom stereocenters. The van der Waals surface area contributed by atoms with E-state index >= 15 is 0 Å². The van der Waals surface area contributed by atoms with Crippen molar-refractivity contribution in [3.05, 3.63) is 41.6 Å². The Kier molecular flexibility index (Phi) is 3.46. The number of hydrogen-bond donors (Lipinski definition) is 1. The van der Waals surface area contributed by atoms with E-state index in [1.807, 2.05) is 31.2 Å². The van der Waals surface area contributed by atoms with E-state index in [1.54, 1.807) is 13.0 Å². The van der Waals surface area contributed by atoms with Gasteiger partial charge in [0.1, 0.15) is 12.2 Å². The zero-order chi connectivity index (χ0) is 15.7. The topological polar surface area (TPSA) is 94.0 Å². The average molecular weight is 298 g/mol. The van der Waals surface area contributed by atoms with E-state index in [-0.39, 0.29) is 12.4 Å². The van der Waals surface area contributed by atoms with Gasteiger partial charge in [-0.25, -0.2) is 4.68 Å². The van der Waals surface area contributed by atoms with Gasteiger partial charge in [-0.05, 0) is 26.0 Å². The molecule has 2 heterocycles. The molecule has 7 heteroatoms. The van der Waals surface area contributed by atoms with Gasteiger partial charge in [0.2, 0.25) is 5.82 Å². The molecule has 0 amide bonds. The molecule has 0 aliphatic rings. The Balaban J connectivity index is 1.99. The number of rotatable bonds is 4. The van der Waals surface area contributed by atoms with Crippen LogP contribution in [0.25, 0.3) is 23.0 Å². The summed E-state index contributed by atoms with van der Waals surface area (Å²) in [6.07, 6.45) is 0. The summed E-state index contributed by atoms with van der Waals surface area (Å²) >= 11 is 0. The molecule has 112 valence electrons. The van der Waals surface area contributed by atoms with Crippen molar-refractivity contribution in [1.82, 2.24) is 19.9 Å². The van der Waals surface area contributed by atoms with Crippen molar-refractivity contribution in [2.24, 2.45) is 0 Å². The maximum atomic E-state index is 10.9. The van der Waals surface area contributed by atoms with E-state index in [1.165, 1.54) is 4.68 Å². The van der Waals surface area contributed by atoms with Gasteiger partial charge < -0.3 is 9.63 Å². The lowest BCUT2D eigenvalue weighted by Gasteiger charge is -1.99. The third-order valence-corrected chi connectivity index (χ3v) is 3.11. The number of carboxylic acid groups (broad SMARTS) is 1. The molecule has 3 rings (SSSR count). The van der Waals surface area contributed by atoms with Gasteiger partial charge >= 0.3 is 5.97 Å². The highest BCUT2D eigenvalue weighted by molar-refractivity contribution is 5.68. The molecule has 1 N–H and O–H groups in total. The minimum absolute atomic E-state index is 0.248. The fraction of sp³-hybridized carbons (Fsp3) is 0.200. The van der Waals surface area contributed by atoms with Crippen molar-refractivity contribution in [1.29, 1.82) is 0 Å². The molecule has 0 aliphatic carbocycles. The van der Waals surface area contributed by atoms with Crippen molar-refractivity contribution >= 4 is 5.97 Å². The average Bonchev–Trinajstić information content (AvgIpc) is 3.05. The van der Waals surface area contributed by atoms with Crippen LogP contribution < -0.4 is 0 Å². The molecular weight excluding hydrogens is 284 g/mol. The highest BCUT2D eigenvalue weighted by Crippen LogP contribution is 2.23. The lowest BCUT2D eigenvalue weighted by Crippen LogP contribution is -2.11. The standard InChI is InChI=1S/C15H14N4O3/c1-9-4-3-5-11(6-9)14-16-15(22-18-14)12-7-10(2)17-19(12)8-13(20)21/h3-7H,8H2,1-2H3,(H,20,21). The highest BCUT2D eigenvalue weighted by Gasteiger charge is 2.17. The quantitative estimate of drug-likeness (QED) is 0.794. The summed E-state index contributed by atoms with van der Waals surface area (Å²) in [5.41, 5.74) is 3.12. The van der Waals surface area contributed by atoms with Crippen LogP contribution in [-0.4, -0.2) is 31.0 Å². The summed E-state index contributed by atoms with van der Waals surface area (Å²) in [6.45, 7) is 3.50. The minimum atomic E-state index is -0.984. The smallest absolute Gasteiger partial charge is 0.325 e. The van der Waals surface area contributed by atoms with Crippen molar-refractivity contribution in [3.8, 4) is 23.0 Å². The molecule has 7 nitrogen and oxygen atoms in total. The van der Waals surface area contributed by atoms with Gasteiger partial charge in [0.25, 0.3) is 5.89 Å². The van der Waals surface area contributed by atoms with E-state index < -0.39 is 5.97 Å². The Bertz CT molecular complexity index is 835. The van der Waals surface area contributed by atoms with E-state index in [0.717, 1.165) is 11.1 Å². The zero-order valence-electron chi connectivity index (χ0n) is 12.1. The first-order valence-corrected chi connectivity index (χ1v) is 6.70. The third-order valence-electron chi connectivity index (χ3n) is 3.11. The second kappa shape index (κ2) is 5.44. The molecule has 0 radical (unpaired) electrons. The van der Waals surface area contributed by atoms with E-state index in [2.05, 4.69) is 15.2 Å². The summed E-state index contributed by atoms with van der Waals surface area (Å²) < 4.78 is 6.60. The van der Waals surface area contributed by atoms with Gasteiger partial charge in [-0.1, -0.05) is 28.9 Å². The number of hydrogen-bond acceptors (Lipinski definition) is 5. The molecule has 0 spiro atoms. The zero-order valence-corrected chi connectivity index (χ0v) is 12.1. The molecule has 0 unspecified atom stereocenters.